The van der Waals surface area contributed by atoms with E-state index in [0.29, 0.717) is 10.9 Å². The summed E-state index contributed by atoms with van der Waals surface area (Å²) in [6.45, 7) is 4.35. The highest BCUT2D eigenvalue weighted by atomic mass is 32.2. The molecule has 3 nitrogen and oxygen atoms in total. The molecule has 0 bridgehead atoms. The monoisotopic (exact) mass is 209 g/mol. The summed E-state index contributed by atoms with van der Waals surface area (Å²) in [4.78, 5) is 5.22. The van der Waals surface area contributed by atoms with Crippen LogP contribution < -0.4 is 5.73 Å². The minimum absolute atomic E-state index is 0.0186. The third kappa shape index (κ3) is 3.03. The molecule has 0 aliphatic rings. The largest absolute Gasteiger partial charge is 0.382 e. The molecule has 1 unspecified atom stereocenters. The third-order valence-corrected chi connectivity index (χ3v) is 3.17. The van der Waals surface area contributed by atoms with Gasteiger partial charge in [-0.2, -0.15) is 0 Å². The lowest BCUT2D eigenvalue weighted by atomic mass is 10.3. The van der Waals surface area contributed by atoms with Crippen LogP contribution in [-0.4, -0.2) is 16.1 Å². The fourth-order valence-electron chi connectivity index (χ4n) is 0.925. The Morgan fingerprint density at radius 3 is 2.79 bits per heavy atom. The van der Waals surface area contributed by atoms with Crippen molar-refractivity contribution in [3.05, 3.63) is 24.0 Å². The number of hydrogen-bond donors (Lipinski definition) is 2. The van der Waals surface area contributed by atoms with Crippen LogP contribution >= 0.6 is 11.8 Å². The third-order valence-electron chi connectivity index (χ3n) is 1.92. The van der Waals surface area contributed by atoms with E-state index < -0.39 is 0 Å². The van der Waals surface area contributed by atoms with E-state index in [-0.39, 0.29) is 5.84 Å². The highest BCUT2D eigenvalue weighted by Crippen LogP contribution is 2.23. The van der Waals surface area contributed by atoms with Gasteiger partial charge in [0.15, 0.2) is 0 Å². The van der Waals surface area contributed by atoms with Crippen LogP contribution in [0, 0.1) is 5.41 Å². The number of nitrogens with one attached hydrogen (secondary N) is 1. The summed E-state index contributed by atoms with van der Waals surface area (Å²) >= 11 is 1.79. The minimum atomic E-state index is 0.0186. The maximum absolute atomic E-state index is 7.19. The van der Waals surface area contributed by atoms with Crippen LogP contribution in [0.5, 0.6) is 0 Å². The number of nitrogens with two attached hydrogens (primary N) is 1. The number of nitrogens with zero attached hydrogens (tertiary/aromatic N) is 1. The molecular formula is C10H15N3S. The Morgan fingerprint density at radius 1 is 1.64 bits per heavy atom. The molecule has 1 atom stereocenters. The smallest absolute Gasteiger partial charge is 0.141 e. The summed E-state index contributed by atoms with van der Waals surface area (Å²) in [5.74, 6) is 0.0186. The Hall–Kier alpha value is -1.03. The Morgan fingerprint density at radius 2 is 2.36 bits per heavy atom. The lowest BCUT2D eigenvalue weighted by Gasteiger charge is -2.07. The Bertz CT molecular complexity index is 308. The summed E-state index contributed by atoms with van der Waals surface area (Å²) in [5, 5.41) is 7.79. The summed E-state index contributed by atoms with van der Waals surface area (Å²) in [5.41, 5.74) is 5.85. The molecule has 0 aliphatic carbocycles. The molecule has 0 saturated carbocycles. The zero-order chi connectivity index (χ0) is 10.6. The van der Waals surface area contributed by atoms with Crippen molar-refractivity contribution in [2.45, 2.75) is 30.4 Å². The van der Waals surface area contributed by atoms with Gasteiger partial charge in [-0.3, -0.25) is 10.4 Å². The zero-order valence-electron chi connectivity index (χ0n) is 8.45. The topological polar surface area (TPSA) is 62.8 Å². The maximum atomic E-state index is 7.19. The van der Waals surface area contributed by atoms with Crippen LogP contribution in [-0.2, 0) is 0 Å². The number of aromatic nitrogens is 1. The van der Waals surface area contributed by atoms with E-state index in [1.165, 1.54) is 0 Å². The number of pyridine rings is 1. The molecule has 0 spiro atoms. The molecule has 0 amide bonds. The van der Waals surface area contributed by atoms with Gasteiger partial charge >= 0.3 is 0 Å². The zero-order valence-corrected chi connectivity index (χ0v) is 9.27. The van der Waals surface area contributed by atoms with Gasteiger partial charge in [-0.1, -0.05) is 13.8 Å². The summed E-state index contributed by atoms with van der Waals surface area (Å²) in [6, 6.07) is 3.74. The van der Waals surface area contributed by atoms with Crippen molar-refractivity contribution in [2.75, 3.05) is 0 Å². The fourth-order valence-corrected chi connectivity index (χ4v) is 1.82. The quantitative estimate of drug-likeness (QED) is 0.454. The van der Waals surface area contributed by atoms with Crippen LogP contribution in [0.15, 0.2) is 23.2 Å². The van der Waals surface area contributed by atoms with Gasteiger partial charge in [0.05, 0.1) is 0 Å². The molecule has 0 saturated heterocycles. The normalized spacial score (nSPS) is 12.4. The van der Waals surface area contributed by atoms with Crippen LogP contribution in [0.1, 0.15) is 26.0 Å². The van der Waals surface area contributed by atoms with Gasteiger partial charge in [-0.25, -0.2) is 0 Å². The molecule has 4 heteroatoms. The standard InChI is InChI=1S/C10H15N3S/c1-3-7(2)14-8-4-5-9(10(11)12)13-6-8/h4-7H,3H2,1-2H3,(H3,11,12). The first-order valence-electron chi connectivity index (χ1n) is 4.60. The van der Waals surface area contributed by atoms with E-state index >= 15 is 0 Å². The highest BCUT2D eigenvalue weighted by molar-refractivity contribution is 7.99. The lowest BCUT2D eigenvalue weighted by molar-refractivity contribution is 0.905. The van der Waals surface area contributed by atoms with Crippen LogP contribution in [0.4, 0.5) is 0 Å². The van der Waals surface area contributed by atoms with E-state index in [4.69, 9.17) is 11.1 Å². The van der Waals surface area contributed by atoms with Crippen molar-refractivity contribution in [3.8, 4) is 0 Å². The van der Waals surface area contributed by atoms with Crippen molar-refractivity contribution in [1.82, 2.24) is 4.98 Å². The van der Waals surface area contributed by atoms with Gasteiger partial charge in [0.1, 0.15) is 11.5 Å². The Kier molecular flexibility index (Phi) is 3.95. The molecule has 14 heavy (non-hydrogen) atoms. The second-order valence-electron chi connectivity index (χ2n) is 3.13. The number of amidine groups is 1. The summed E-state index contributed by atoms with van der Waals surface area (Å²) in [7, 11) is 0. The van der Waals surface area contributed by atoms with Crippen LogP contribution in [0.3, 0.4) is 0 Å². The first kappa shape index (κ1) is 11.0. The average Bonchev–Trinajstić information content (AvgIpc) is 2.18. The van der Waals surface area contributed by atoms with Gasteiger partial charge in [0.25, 0.3) is 0 Å². The molecule has 0 fully saturated rings. The van der Waals surface area contributed by atoms with Crippen molar-refractivity contribution in [3.63, 3.8) is 0 Å². The van der Waals surface area contributed by atoms with Crippen LogP contribution in [0.25, 0.3) is 0 Å². The molecular weight excluding hydrogens is 194 g/mol. The Labute approximate surface area is 88.6 Å². The molecule has 1 aromatic rings. The second kappa shape index (κ2) is 5.00. The van der Waals surface area contributed by atoms with Gasteiger partial charge in [-0.05, 0) is 18.6 Å². The predicted molar refractivity (Wildman–Crippen MR) is 60.9 cm³/mol. The SMILES string of the molecule is CCC(C)Sc1ccc(C(=N)N)nc1. The van der Waals surface area contributed by atoms with E-state index in [2.05, 4.69) is 18.8 Å². The first-order chi connectivity index (χ1) is 6.63. The number of rotatable bonds is 4. The van der Waals surface area contributed by atoms with Gasteiger partial charge < -0.3 is 5.73 Å². The maximum Gasteiger partial charge on any atom is 0.141 e. The molecule has 1 aromatic heterocycles. The molecule has 0 radical (unpaired) electrons. The lowest BCUT2D eigenvalue weighted by Crippen LogP contribution is -2.12. The van der Waals surface area contributed by atoms with Gasteiger partial charge in [0.2, 0.25) is 0 Å². The first-order valence-corrected chi connectivity index (χ1v) is 5.48. The molecule has 76 valence electrons. The van der Waals surface area contributed by atoms with Crippen molar-refractivity contribution < 1.29 is 0 Å². The molecule has 0 aromatic carbocycles. The van der Waals surface area contributed by atoms with Crippen LogP contribution in [0.2, 0.25) is 0 Å². The minimum Gasteiger partial charge on any atom is -0.382 e. The average molecular weight is 209 g/mol. The van der Waals surface area contributed by atoms with Crippen molar-refractivity contribution in [2.24, 2.45) is 5.73 Å². The van der Waals surface area contributed by atoms with E-state index in [9.17, 15) is 0 Å². The molecule has 0 aliphatic heterocycles. The Balaban J connectivity index is 2.68. The number of thioether (sulfide) groups is 1. The van der Waals surface area contributed by atoms with Gasteiger partial charge in [-0.15, -0.1) is 11.8 Å². The summed E-state index contributed by atoms with van der Waals surface area (Å²) in [6.07, 6.45) is 2.91. The van der Waals surface area contributed by atoms with Crippen molar-refractivity contribution >= 4 is 17.6 Å². The highest BCUT2D eigenvalue weighted by Gasteiger charge is 2.03. The summed E-state index contributed by atoms with van der Waals surface area (Å²) < 4.78 is 0. The van der Waals surface area contributed by atoms with E-state index in [1.807, 2.05) is 6.07 Å². The van der Waals surface area contributed by atoms with E-state index in [0.717, 1.165) is 11.3 Å². The molecule has 1 rings (SSSR count). The number of nitrogen functional groups attached to an aromatic ring is 1. The number of hydrogen-bond acceptors (Lipinski definition) is 3. The predicted octanol–water partition coefficient (Wildman–Crippen LogP) is 2.26. The van der Waals surface area contributed by atoms with Crippen molar-refractivity contribution in [1.29, 1.82) is 5.41 Å². The van der Waals surface area contributed by atoms with E-state index in [1.54, 1.807) is 24.0 Å². The van der Waals surface area contributed by atoms with Gasteiger partial charge in [0, 0.05) is 16.3 Å². The molecule has 3 N–H and O–H groups in total. The fraction of sp³-hybridized carbons (Fsp3) is 0.400. The molecule has 1 heterocycles. The second-order valence-corrected chi connectivity index (χ2v) is 4.64.